The molecule has 0 aliphatic heterocycles. The summed E-state index contributed by atoms with van der Waals surface area (Å²) in [7, 11) is 5.37. The van der Waals surface area contributed by atoms with E-state index in [1.54, 1.807) is 12.2 Å². The zero-order valence-electron chi connectivity index (χ0n) is 12.0. The highest BCUT2D eigenvalue weighted by molar-refractivity contribution is 7.11. The Morgan fingerprint density at radius 3 is 2.71 bits per heavy atom. The smallest absolute Gasteiger partial charge is 0.337 e. The van der Waals surface area contributed by atoms with Crippen LogP contribution in [0.4, 0.5) is 0 Å². The van der Waals surface area contributed by atoms with E-state index in [0.29, 0.717) is 6.42 Å². The number of hydrogen-bond acceptors (Lipinski definition) is 3. The van der Waals surface area contributed by atoms with E-state index in [1.165, 1.54) is 11.3 Å². The van der Waals surface area contributed by atoms with Gasteiger partial charge in [0.15, 0.2) is 7.85 Å². The van der Waals surface area contributed by atoms with Gasteiger partial charge in [-0.3, -0.25) is 0 Å². The molecular weight excluding hydrogens is 283 g/mol. The summed E-state index contributed by atoms with van der Waals surface area (Å²) < 4.78 is 0. The molecule has 0 saturated carbocycles. The standard InChI is InChI=1S/C15H17BN2O2S/c1-3-6-12(18-15(16)17)11(14(19)20)9-10(4-2)13-7-5-8-21-13/h4-9H,3H2,1-2H3,(H2,17,18)(H,19,20)/b10-4+,11-9+,12-6-. The van der Waals surface area contributed by atoms with Crippen molar-refractivity contribution in [2.24, 2.45) is 10.7 Å². The van der Waals surface area contributed by atoms with Gasteiger partial charge < -0.3 is 10.8 Å². The zero-order valence-corrected chi connectivity index (χ0v) is 12.9. The van der Waals surface area contributed by atoms with Gasteiger partial charge >= 0.3 is 5.97 Å². The highest BCUT2D eigenvalue weighted by Crippen LogP contribution is 2.25. The van der Waals surface area contributed by atoms with Crippen molar-refractivity contribution in [1.82, 2.24) is 0 Å². The van der Waals surface area contributed by atoms with Gasteiger partial charge in [-0.15, -0.1) is 11.3 Å². The van der Waals surface area contributed by atoms with E-state index in [4.69, 9.17) is 13.6 Å². The summed E-state index contributed by atoms with van der Waals surface area (Å²) in [6.07, 6.45) is 5.75. The highest BCUT2D eigenvalue weighted by atomic mass is 32.1. The summed E-state index contributed by atoms with van der Waals surface area (Å²) in [4.78, 5) is 16.4. The predicted molar refractivity (Wildman–Crippen MR) is 89.4 cm³/mol. The molecule has 1 rings (SSSR count). The predicted octanol–water partition coefficient (Wildman–Crippen LogP) is 2.94. The Bertz CT molecular complexity index is 610. The van der Waals surface area contributed by atoms with Crippen LogP contribution in [0.2, 0.25) is 0 Å². The Balaban J connectivity index is 3.34. The van der Waals surface area contributed by atoms with Gasteiger partial charge in [0.2, 0.25) is 0 Å². The van der Waals surface area contributed by atoms with E-state index in [-0.39, 0.29) is 17.0 Å². The number of thiophene rings is 1. The Labute approximate surface area is 129 Å². The second-order valence-corrected chi connectivity index (χ2v) is 5.07. The lowest BCUT2D eigenvalue weighted by Gasteiger charge is -2.06. The number of carboxylic acids is 1. The maximum atomic E-state index is 11.5. The van der Waals surface area contributed by atoms with Crippen molar-refractivity contribution in [2.45, 2.75) is 20.3 Å². The van der Waals surface area contributed by atoms with Crippen LogP contribution in [0.5, 0.6) is 0 Å². The molecule has 21 heavy (non-hydrogen) atoms. The molecule has 3 N–H and O–H groups in total. The van der Waals surface area contributed by atoms with Crippen LogP contribution in [0.15, 0.2) is 52.0 Å². The number of nitrogens with two attached hydrogens (primary N) is 1. The molecule has 2 radical (unpaired) electrons. The van der Waals surface area contributed by atoms with Crippen molar-refractivity contribution >= 4 is 36.5 Å². The van der Waals surface area contributed by atoms with Gasteiger partial charge in [-0.1, -0.05) is 25.1 Å². The fourth-order valence-electron chi connectivity index (χ4n) is 1.69. The van der Waals surface area contributed by atoms with Gasteiger partial charge in [0.05, 0.1) is 11.3 Å². The number of nitrogens with zero attached hydrogens (tertiary/aromatic N) is 1. The summed E-state index contributed by atoms with van der Waals surface area (Å²) in [6.45, 7) is 3.74. The minimum atomic E-state index is -1.07. The van der Waals surface area contributed by atoms with Crippen molar-refractivity contribution in [3.63, 3.8) is 0 Å². The van der Waals surface area contributed by atoms with Crippen molar-refractivity contribution in [1.29, 1.82) is 0 Å². The quantitative estimate of drug-likeness (QED) is 0.279. The van der Waals surface area contributed by atoms with E-state index in [9.17, 15) is 9.90 Å². The lowest BCUT2D eigenvalue weighted by atomic mass is 10.0. The molecular formula is C15H17BN2O2S. The van der Waals surface area contributed by atoms with Crippen LogP contribution in [0.3, 0.4) is 0 Å². The third-order valence-corrected chi connectivity index (χ3v) is 3.49. The number of aliphatic carboxylic acids is 1. The molecule has 0 spiro atoms. The molecule has 0 bridgehead atoms. The Morgan fingerprint density at radius 2 is 2.29 bits per heavy atom. The summed E-state index contributed by atoms with van der Waals surface area (Å²) in [5.74, 6) is -1.07. The van der Waals surface area contributed by atoms with Crippen LogP contribution in [0, 0.1) is 0 Å². The fourth-order valence-corrected chi connectivity index (χ4v) is 2.46. The number of hydrogen-bond donors (Lipinski definition) is 2. The number of rotatable bonds is 6. The molecule has 6 heteroatoms. The molecule has 0 aliphatic carbocycles. The molecule has 1 heterocycles. The molecule has 0 atom stereocenters. The number of carboxylic acid groups (broad SMARTS) is 1. The number of carbonyl (C=O) groups is 1. The molecule has 1 aromatic heterocycles. The number of allylic oxidation sites excluding steroid dienone is 4. The van der Waals surface area contributed by atoms with Crippen LogP contribution in [0.25, 0.3) is 5.57 Å². The first kappa shape index (κ1) is 17.0. The third kappa shape index (κ3) is 5.08. The second kappa shape index (κ2) is 8.27. The minimum Gasteiger partial charge on any atom is -0.478 e. The van der Waals surface area contributed by atoms with Gasteiger partial charge in [0.1, 0.15) is 0 Å². The van der Waals surface area contributed by atoms with Crippen molar-refractivity contribution in [3.8, 4) is 0 Å². The molecule has 4 nitrogen and oxygen atoms in total. The molecule has 108 valence electrons. The summed E-state index contributed by atoms with van der Waals surface area (Å²) >= 11 is 1.54. The number of amidine groups is 1. The lowest BCUT2D eigenvalue weighted by Crippen LogP contribution is -2.13. The van der Waals surface area contributed by atoms with Crippen molar-refractivity contribution in [3.05, 3.63) is 51.9 Å². The minimum absolute atomic E-state index is 0.0618. The molecule has 0 saturated heterocycles. The van der Waals surface area contributed by atoms with Gasteiger partial charge in [-0.05, 0) is 36.4 Å². The van der Waals surface area contributed by atoms with E-state index >= 15 is 0 Å². The Kier molecular flexibility index (Phi) is 6.68. The Hall–Kier alpha value is -2.08. The van der Waals surface area contributed by atoms with E-state index in [0.717, 1.165) is 10.5 Å². The third-order valence-electron chi connectivity index (χ3n) is 2.57. The molecule has 1 aromatic rings. The topological polar surface area (TPSA) is 75.7 Å². The van der Waals surface area contributed by atoms with Gasteiger partial charge in [-0.2, -0.15) is 0 Å². The van der Waals surface area contributed by atoms with Crippen molar-refractivity contribution < 1.29 is 9.90 Å². The average Bonchev–Trinajstić information content (AvgIpc) is 2.92. The Morgan fingerprint density at radius 1 is 1.57 bits per heavy atom. The molecule has 0 aromatic carbocycles. The maximum Gasteiger partial charge on any atom is 0.337 e. The van der Waals surface area contributed by atoms with E-state index < -0.39 is 5.97 Å². The van der Waals surface area contributed by atoms with Crippen LogP contribution in [-0.2, 0) is 4.79 Å². The maximum absolute atomic E-state index is 11.5. The van der Waals surface area contributed by atoms with Gasteiger partial charge in [0.25, 0.3) is 0 Å². The van der Waals surface area contributed by atoms with Crippen LogP contribution >= 0.6 is 11.3 Å². The largest absolute Gasteiger partial charge is 0.478 e. The normalized spacial score (nSPS) is 14.4. The first-order valence-electron chi connectivity index (χ1n) is 6.44. The van der Waals surface area contributed by atoms with Crippen molar-refractivity contribution in [2.75, 3.05) is 0 Å². The van der Waals surface area contributed by atoms with Crippen LogP contribution in [0.1, 0.15) is 25.1 Å². The first-order valence-corrected chi connectivity index (χ1v) is 7.32. The SMILES string of the molecule is [B]C(N)=NC(=C\CC)/C(=C\C(=C/C)c1cccs1)C(=O)O. The fraction of sp³-hybridized carbons (Fsp3) is 0.200. The lowest BCUT2D eigenvalue weighted by molar-refractivity contribution is -0.132. The van der Waals surface area contributed by atoms with Crippen LogP contribution < -0.4 is 5.73 Å². The summed E-state index contributed by atoms with van der Waals surface area (Å²) in [6, 6.07) is 3.84. The summed E-state index contributed by atoms with van der Waals surface area (Å²) in [5.41, 5.74) is 6.35. The molecule has 0 amide bonds. The van der Waals surface area contributed by atoms with Gasteiger partial charge in [0, 0.05) is 10.6 Å². The van der Waals surface area contributed by atoms with Gasteiger partial charge in [-0.25, -0.2) is 9.79 Å². The second-order valence-electron chi connectivity index (χ2n) is 4.12. The highest BCUT2D eigenvalue weighted by Gasteiger charge is 2.14. The van der Waals surface area contributed by atoms with E-state index in [2.05, 4.69) is 4.99 Å². The first-order chi connectivity index (χ1) is 9.99. The van der Waals surface area contributed by atoms with E-state index in [1.807, 2.05) is 37.4 Å². The summed E-state index contributed by atoms with van der Waals surface area (Å²) in [5, 5.41) is 11.4. The number of aliphatic imine (C=N–C) groups is 1. The molecule has 0 fully saturated rings. The molecule has 0 unspecified atom stereocenters. The zero-order chi connectivity index (χ0) is 15.8. The monoisotopic (exact) mass is 300 g/mol. The van der Waals surface area contributed by atoms with Crippen LogP contribution in [-0.4, -0.2) is 24.7 Å². The molecule has 0 aliphatic rings. The average molecular weight is 300 g/mol.